The maximum Gasteiger partial charge on any atom is 0.323 e. The van der Waals surface area contributed by atoms with Gasteiger partial charge in [0, 0.05) is 23.8 Å². The molecule has 102 valence electrons. The first kappa shape index (κ1) is 11.5. The van der Waals surface area contributed by atoms with Crippen LogP contribution in [0.3, 0.4) is 0 Å². The van der Waals surface area contributed by atoms with E-state index in [1.165, 1.54) is 5.69 Å². The summed E-state index contributed by atoms with van der Waals surface area (Å²) in [6, 6.07) is 6.07. The molecular formula is C14H15N5O. The zero-order chi connectivity index (χ0) is 13.7. The van der Waals surface area contributed by atoms with Crippen molar-refractivity contribution in [2.24, 2.45) is 5.73 Å². The number of hydrogen-bond donors (Lipinski definition) is 3. The topological polar surface area (TPSA) is 92.5 Å². The second-order valence-corrected chi connectivity index (χ2v) is 5.33. The number of aromatic nitrogens is 4. The van der Waals surface area contributed by atoms with Crippen molar-refractivity contribution in [3.05, 3.63) is 40.7 Å². The summed E-state index contributed by atoms with van der Waals surface area (Å²) in [4.78, 5) is 21.4. The Labute approximate surface area is 114 Å². The molecule has 1 aliphatic rings. The van der Waals surface area contributed by atoms with Crippen LogP contribution >= 0.6 is 0 Å². The minimum Gasteiger partial charge on any atom is -0.332 e. The van der Waals surface area contributed by atoms with Gasteiger partial charge in [-0.2, -0.15) is 0 Å². The van der Waals surface area contributed by atoms with Gasteiger partial charge in [0.25, 0.3) is 0 Å². The summed E-state index contributed by atoms with van der Waals surface area (Å²) in [6.07, 6.45) is 3.79. The van der Waals surface area contributed by atoms with Gasteiger partial charge < -0.3 is 20.3 Å². The third kappa shape index (κ3) is 1.69. The molecule has 0 spiro atoms. The maximum atomic E-state index is 11.3. The molecule has 0 radical (unpaired) electrons. The van der Waals surface area contributed by atoms with E-state index in [9.17, 15) is 4.79 Å². The molecule has 0 fully saturated rings. The highest BCUT2D eigenvalue weighted by atomic mass is 16.1. The number of H-pyrrole nitrogens is 2. The average Bonchev–Trinajstić information content (AvgIpc) is 2.99. The van der Waals surface area contributed by atoms with Gasteiger partial charge in [0.2, 0.25) is 0 Å². The summed E-state index contributed by atoms with van der Waals surface area (Å²) >= 11 is 0. The highest BCUT2D eigenvalue weighted by Gasteiger charge is 2.20. The lowest BCUT2D eigenvalue weighted by atomic mass is 10.0. The van der Waals surface area contributed by atoms with Gasteiger partial charge in [0.05, 0.1) is 23.1 Å². The third-order valence-electron chi connectivity index (χ3n) is 3.92. The van der Waals surface area contributed by atoms with E-state index in [0.717, 1.165) is 41.7 Å². The van der Waals surface area contributed by atoms with E-state index in [-0.39, 0.29) is 11.7 Å². The molecule has 1 unspecified atom stereocenters. The zero-order valence-electron chi connectivity index (χ0n) is 10.9. The monoisotopic (exact) mass is 269 g/mol. The van der Waals surface area contributed by atoms with Crippen LogP contribution in [0.4, 0.5) is 0 Å². The Bertz CT molecular complexity index is 841. The molecule has 0 bridgehead atoms. The van der Waals surface area contributed by atoms with Crippen LogP contribution in [0.25, 0.3) is 22.3 Å². The van der Waals surface area contributed by atoms with E-state index in [1.54, 1.807) is 0 Å². The Hall–Kier alpha value is -2.34. The Balaban J connectivity index is 1.85. The minimum absolute atomic E-state index is 0.185. The van der Waals surface area contributed by atoms with Crippen molar-refractivity contribution in [2.45, 2.75) is 25.4 Å². The zero-order valence-corrected chi connectivity index (χ0v) is 10.9. The smallest absolute Gasteiger partial charge is 0.323 e. The quantitative estimate of drug-likeness (QED) is 0.615. The molecule has 4 rings (SSSR count). The van der Waals surface area contributed by atoms with Crippen molar-refractivity contribution in [2.75, 3.05) is 0 Å². The Morgan fingerprint density at radius 3 is 3.05 bits per heavy atom. The highest BCUT2D eigenvalue weighted by Crippen LogP contribution is 2.27. The van der Waals surface area contributed by atoms with Gasteiger partial charge in [-0.25, -0.2) is 9.78 Å². The van der Waals surface area contributed by atoms with E-state index in [1.807, 2.05) is 24.5 Å². The molecule has 1 atom stereocenters. The largest absolute Gasteiger partial charge is 0.332 e. The summed E-state index contributed by atoms with van der Waals surface area (Å²) in [5, 5.41) is 0. The highest BCUT2D eigenvalue weighted by molar-refractivity contribution is 5.81. The van der Waals surface area contributed by atoms with Crippen LogP contribution in [0.15, 0.2) is 29.3 Å². The first-order valence-corrected chi connectivity index (χ1v) is 6.73. The molecule has 6 nitrogen and oxygen atoms in total. The molecule has 0 aliphatic carbocycles. The van der Waals surface area contributed by atoms with E-state index in [0.29, 0.717) is 0 Å². The summed E-state index contributed by atoms with van der Waals surface area (Å²) in [6.45, 7) is 0.825. The lowest BCUT2D eigenvalue weighted by molar-refractivity contribution is 0.461. The molecule has 1 aromatic carbocycles. The van der Waals surface area contributed by atoms with Gasteiger partial charge in [-0.3, -0.25) is 0 Å². The van der Waals surface area contributed by atoms with Crippen molar-refractivity contribution in [3.63, 3.8) is 0 Å². The van der Waals surface area contributed by atoms with Crippen molar-refractivity contribution in [1.82, 2.24) is 19.5 Å². The Morgan fingerprint density at radius 1 is 1.30 bits per heavy atom. The average molecular weight is 269 g/mol. The number of fused-ring (bicyclic) bond motifs is 2. The number of imidazole rings is 2. The number of nitrogens with two attached hydrogens (primary N) is 1. The van der Waals surface area contributed by atoms with Crippen molar-refractivity contribution in [3.8, 4) is 11.3 Å². The summed E-state index contributed by atoms with van der Waals surface area (Å²) in [5.74, 6) is 0. The second kappa shape index (κ2) is 4.08. The van der Waals surface area contributed by atoms with Crippen LogP contribution in [0.2, 0.25) is 0 Å². The van der Waals surface area contributed by atoms with Gasteiger partial charge in [-0.15, -0.1) is 0 Å². The molecule has 4 N–H and O–H groups in total. The van der Waals surface area contributed by atoms with Crippen LogP contribution in [0, 0.1) is 0 Å². The number of benzene rings is 1. The normalized spacial score (nSPS) is 18.4. The predicted octanol–water partition coefficient (Wildman–Crippen LogP) is 0.993. The number of aromatic amines is 2. The Kier molecular flexibility index (Phi) is 2.34. The van der Waals surface area contributed by atoms with Crippen LogP contribution < -0.4 is 11.4 Å². The number of nitrogens with zero attached hydrogens (tertiary/aromatic N) is 2. The SMILES string of the molecule is NC1CCc2c(-c3ccc4[nH]c(=O)[nH]c4c3)ncn2C1. The van der Waals surface area contributed by atoms with E-state index >= 15 is 0 Å². The van der Waals surface area contributed by atoms with Crippen molar-refractivity contribution in [1.29, 1.82) is 0 Å². The summed E-state index contributed by atoms with van der Waals surface area (Å²) in [5.41, 5.74) is 10.7. The predicted molar refractivity (Wildman–Crippen MR) is 76.4 cm³/mol. The lowest BCUT2D eigenvalue weighted by Gasteiger charge is -2.21. The number of nitrogens with one attached hydrogen (secondary N) is 2. The molecule has 6 heteroatoms. The van der Waals surface area contributed by atoms with Crippen LogP contribution in [0.5, 0.6) is 0 Å². The Morgan fingerprint density at radius 2 is 2.15 bits per heavy atom. The lowest BCUT2D eigenvalue weighted by Crippen LogP contribution is -2.31. The fourth-order valence-electron chi connectivity index (χ4n) is 2.91. The van der Waals surface area contributed by atoms with Gasteiger partial charge >= 0.3 is 5.69 Å². The molecule has 0 saturated heterocycles. The fourth-order valence-corrected chi connectivity index (χ4v) is 2.91. The third-order valence-corrected chi connectivity index (χ3v) is 3.92. The van der Waals surface area contributed by atoms with Crippen molar-refractivity contribution >= 4 is 11.0 Å². The number of rotatable bonds is 1. The van der Waals surface area contributed by atoms with E-state index < -0.39 is 0 Å². The molecule has 1 aliphatic heterocycles. The molecule has 20 heavy (non-hydrogen) atoms. The standard InChI is InChI=1S/C14H15N5O/c15-9-2-4-12-13(16-7-19(12)6-9)8-1-3-10-11(5-8)18-14(20)17-10/h1,3,5,7,9H,2,4,6,15H2,(H2,17,18,20). The van der Waals surface area contributed by atoms with Crippen LogP contribution in [-0.4, -0.2) is 25.6 Å². The molecular weight excluding hydrogens is 254 g/mol. The van der Waals surface area contributed by atoms with Gasteiger partial charge in [0.1, 0.15) is 0 Å². The summed E-state index contributed by atoms with van der Waals surface area (Å²) < 4.78 is 2.13. The van der Waals surface area contributed by atoms with Gasteiger partial charge in [-0.05, 0) is 25.0 Å². The van der Waals surface area contributed by atoms with Gasteiger partial charge in [-0.1, -0.05) is 6.07 Å². The first-order valence-electron chi connectivity index (χ1n) is 6.73. The molecule has 3 aromatic rings. The second-order valence-electron chi connectivity index (χ2n) is 5.33. The van der Waals surface area contributed by atoms with Crippen molar-refractivity contribution < 1.29 is 0 Å². The first-order chi connectivity index (χ1) is 9.70. The fraction of sp³-hybridized carbons (Fsp3) is 0.286. The molecule has 2 aromatic heterocycles. The van der Waals surface area contributed by atoms with Crippen LogP contribution in [0.1, 0.15) is 12.1 Å². The molecule has 0 amide bonds. The molecule has 0 saturated carbocycles. The minimum atomic E-state index is -0.185. The molecule has 3 heterocycles. The van der Waals surface area contributed by atoms with E-state index in [2.05, 4.69) is 19.5 Å². The number of hydrogen-bond acceptors (Lipinski definition) is 3. The van der Waals surface area contributed by atoms with Gasteiger partial charge in [0.15, 0.2) is 0 Å². The van der Waals surface area contributed by atoms with E-state index in [4.69, 9.17) is 5.73 Å². The summed E-state index contributed by atoms with van der Waals surface area (Å²) in [7, 11) is 0. The maximum absolute atomic E-state index is 11.3. The van der Waals surface area contributed by atoms with Crippen LogP contribution in [-0.2, 0) is 13.0 Å².